The molecule has 1 atom stereocenters. The van der Waals surface area contributed by atoms with Crippen LogP contribution in [0.4, 0.5) is 10.5 Å². The van der Waals surface area contributed by atoms with E-state index in [1.807, 2.05) is 38.1 Å². The van der Waals surface area contributed by atoms with Gasteiger partial charge in [0.05, 0.1) is 5.56 Å². The molecule has 3 N–H and O–H groups in total. The van der Waals surface area contributed by atoms with Gasteiger partial charge in [0.1, 0.15) is 6.61 Å². The topological polar surface area (TPSA) is 105 Å². The summed E-state index contributed by atoms with van der Waals surface area (Å²) >= 11 is 0. The Morgan fingerprint density at radius 2 is 1.54 bits per heavy atom. The number of anilines is 1. The Kier molecular flexibility index (Phi) is 7.15. The van der Waals surface area contributed by atoms with Crippen LogP contribution in [-0.4, -0.2) is 35.7 Å². The third-order valence-corrected chi connectivity index (χ3v) is 6.25. The smallest absolute Gasteiger partial charge is 0.407 e. The van der Waals surface area contributed by atoms with Gasteiger partial charge >= 0.3 is 12.1 Å². The summed E-state index contributed by atoms with van der Waals surface area (Å²) in [7, 11) is 0. The van der Waals surface area contributed by atoms with E-state index in [2.05, 4.69) is 34.9 Å². The first-order chi connectivity index (χ1) is 16.8. The standard InChI is InChI=1S/C28H28N2O5/c1-17(2)25(15-26(31)29-19-9-7-8-18(14-19)27(32)33)30-28(34)35-16-24-22-12-5-3-10-20(22)21-11-4-6-13-23(21)24/h3-14,17,24-25H,15-16H2,1-2H3,(H,29,31)(H,30,34)(H,32,33)/t25-/m1/s1. The van der Waals surface area contributed by atoms with Crippen LogP contribution in [0, 0.1) is 5.92 Å². The minimum atomic E-state index is -1.07. The number of carbonyl (C=O) groups is 3. The van der Waals surface area contributed by atoms with Crippen LogP contribution in [0.1, 0.15) is 47.7 Å². The molecule has 1 aliphatic rings. The summed E-state index contributed by atoms with van der Waals surface area (Å²) < 4.78 is 5.62. The molecule has 7 nitrogen and oxygen atoms in total. The third-order valence-electron chi connectivity index (χ3n) is 6.25. The zero-order chi connectivity index (χ0) is 24.9. The van der Waals surface area contributed by atoms with Crippen LogP contribution in [0.2, 0.25) is 0 Å². The van der Waals surface area contributed by atoms with Gasteiger partial charge in [0.25, 0.3) is 0 Å². The molecule has 1 aliphatic carbocycles. The summed E-state index contributed by atoms with van der Waals surface area (Å²) in [6.45, 7) is 4.01. The first-order valence-electron chi connectivity index (χ1n) is 11.6. The van der Waals surface area contributed by atoms with Crippen LogP contribution in [0.25, 0.3) is 11.1 Å². The number of rotatable bonds is 8. The molecule has 0 saturated heterocycles. The number of hydrogen-bond donors (Lipinski definition) is 3. The maximum atomic E-state index is 12.7. The largest absolute Gasteiger partial charge is 0.478 e. The number of amides is 2. The van der Waals surface area contributed by atoms with Crippen molar-refractivity contribution in [3.8, 4) is 11.1 Å². The SMILES string of the molecule is CC(C)[C@@H](CC(=O)Nc1cccc(C(=O)O)c1)NC(=O)OCC1c2ccccc2-c2ccccc21. The lowest BCUT2D eigenvalue weighted by atomic mass is 9.98. The molecule has 35 heavy (non-hydrogen) atoms. The minimum Gasteiger partial charge on any atom is -0.478 e. The highest BCUT2D eigenvalue weighted by Gasteiger charge is 2.29. The van der Waals surface area contributed by atoms with Crippen molar-refractivity contribution < 1.29 is 24.2 Å². The van der Waals surface area contributed by atoms with Crippen molar-refractivity contribution in [1.82, 2.24) is 5.32 Å². The lowest BCUT2D eigenvalue weighted by molar-refractivity contribution is -0.116. The van der Waals surface area contributed by atoms with Gasteiger partial charge in [-0.3, -0.25) is 4.79 Å². The predicted molar refractivity (Wildman–Crippen MR) is 133 cm³/mol. The molecular formula is C28H28N2O5. The fraction of sp³-hybridized carbons (Fsp3) is 0.250. The summed E-state index contributed by atoms with van der Waals surface area (Å²) in [6.07, 6.45) is -0.551. The number of carboxylic acid groups (broad SMARTS) is 1. The number of carbonyl (C=O) groups excluding carboxylic acids is 2. The van der Waals surface area contributed by atoms with Gasteiger partial charge in [0, 0.05) is 24.1 Å². The van der Waals surface area contributed by atoms with E-state index in [1.165, 1.54) is 12.1 Å². The minimum absolute atomic E-state index is 0.0217. The molecule has 0 aliphatic heterocycles. The van der Waals surface area contributed by atoms with Crippen molar-refractivity contribution in [2.24, 2.45) is 5.92 Å². The van der Waals surface area contributed by atoms with Crippen molar-refractivity contribution in [2.75, 3.05) is 11.9 Å². The number of carboxylic acids is 1. The fourth-order valence-corrected chi connectivity index (χ4v) is 4.39. The number of ether oxygens (including phenoxy) is 1. The Morgan fingerprint density at radius 1 is 0.914 bits per heavy atom. The van der Waals surface area contributed by atoms with Gasteiger partial charge in [-0.2, -0.15) is 0 Å². The molecule has 3 aromatic rings. The number of alkyl carbamates (subject to hydrolysis) is 1. The summed E-state index contributed by atoms with van der Waals surface area (Å²) in [5, 5.41) is 14.6. The van der Waals surface area contributed by atoms with Crippen molar-refractivity contribution >= 4 is 23.7 Å². The molecule has 0 bridgehead atoms. The highest BCUT2D eigenvalue weighted by atomic mass is 16.5. The molecule has 0 fully saturated rings. The van der Waals surface area contributed by atoms with Gasteiger partial charge < -0.3 is 20.5 Å². The van der Waals surface area contributed by atoms with E-state index in [0.29, 0.717) is 5.69 Å². The van der Waals surface area contributed by atoms with Gasteiger partial charge in [-0.15, -0.1) is 0 Å². The molecule has 0 aromatic heterocycles. The summed E-state index contributed by atoms with van der Waals surface area (Å²) in [5.41, 5.74) is 5.04. The number of nitrogens with one attached hydrogen (secondary N) is 2. The molecule has 2 amide bonds. The maximum absolute atomic E-state index is 12.7. The van der Waals surface area contributed by atoms with Crippen LogP contribution in [0.5, 0.6) is 0 Å². The zero-order valence-corrected chi connectivity index (χ0v) is 19.7. The molecule has 4 rings (SSSR count). The first kappa shape index (κ1) is 24.0. The molecule has 7 heteroatoms. The maximum Gasteiger partial charge on any atom is 0.407 e. The number of hydrogen-bond acceptors (Lipinski definition) is 4. The Balaban J connectivity index is 1.36. The summed E-state index contributed by atoms with van der Waals surface area (Å²) in [4.78, 5) is 36.4. The monoisotopic (exact) mass is 472 g/mol. The Hall–Kier alpha value is -4.13. The third kappa shape index (κ3) is 5.51. The second-order valence-electron chi connectivity index (χ2n) is 8.96. The number of benzene rings is 3. The molecular weight excluding hydrogens is 444 g/mol. The second kappa shape index (κ2) is 10.4. The summed E-state index contributed by atoms with van der Waals surface area (Å²) in [6, 6.07) is 21.8. The van der Waals surface area contributed by atoms with Crippen LogP contribution in [-0.2, 0) is 9.53 Å². The van der Waals surface area contributed by atoms with Gasteiger partial charge in [0.2, 0.25) is 5.91 Å². The molecule has 0 spiro atoms. The predicted octanol–water partition coefficient (Wildman–Crippen LogP) is 5.28. The van der Waals surface area contributed by atoms with Crippen molar-refractivity contribution in [3.05, 3.63) is 89.5 Å². The van der Waals surface area contributed by atoms with Crippen molar-refractivity contribution in [1.29, 1.82) is 0 Å². The van der Waals surface area contributed by atoms with Gasteiger partial charge in [-0.05, 0) is 46.4 Å². The first-order valence-corrected chi connectivity index (χ1v) is 11.6. The van der Waals surface area contributed by atoms with Gasteiger partial charge in [-0.1, -0.05) is 68.4 Å². The van der Waals surface area contributed by atoms with Crippen molar-refractivity contribution in [2.45, 2.75) is 32.2 Å². The quantitative estimate of drug-likeness (QED) is 0.414. The van der Waals surface area contributed by atoms with E-state index < -0.39 is 18.1 Å². The van der Waals surface area contributed by atoms with Gasteiger partial charge in [-0.25, -0.2) is 9.59 Å². The lowest BCUT2D eigenvalue weighted by Crippen LogP contribution is -2.41. The normalized spacial score (nSPS) is 13.0. The Morgan fingerprint density at radius 3 is 2.14 bits per heavy atom. The molecule has 0 radical (unpaired) electrons. The van der Waals surface area contributed by atoms with Crippen LogP contribution in [0.3, 0.4) is 0 Å². The highest BCUT2D eigenvalue weighted by molar-refractivity contribution is 5.94. The van der Waals surface area contributed by atoms with Crippen LogP contribution in [0.15, 0.2) is 72.8 Å². The average Bonchev–Trinajstić information content (AvgIpc) is 3.16. The zero-order valence-electron chi connectivity index (χ0n) is 19.7. The van der Waals surface area contributed by atoms with Crippen molar-refractivity contribution in [3.63, 3.8) is 0 Å². The molecule has 3 aromatic carbocycles. The molecule has 0 unspecified atom stereocenters. The lowest BCUT2D eigenvalue weighted by Gasteiger charge is -2.22. The Labute approximate surface area is 204 Å². The molecule has 0 heterocycles. The van der Waals surface area contributed by atoms with Gasteiger partial charge in [0.15, 0.2) is 0 Å². The van der Waals surface area contributed by atoms with E-state index in [4.69, 9.17) is 9.84 Å². The van der Waals surface area contributed by atoms with E-state index in [1.54, 1.807) is 12.1 Å². The fourth-order valence-electron chi connectivity index (χ4n) is 4.39. The number of fused-ring (bicyclic) bond motifs is 3. The average molecular weight is 473 g/mol. The van der Waals surface area contributed by atoms with E-state index in [-0.39, 0.29) is 36.3 Å². The number of aromatic carboxylic acids is 1. The van der Waals surface area contributed by atoms with E-state index in [0.717, 1.165) is 22.3 Å². The van der Waals surface area contributed by atoms with Crippen LogP contribution < -0.4 is 10.6 Å². The highest BCUT2D eigenvalue weighted by Crippen LogP contribution is 2.44. The van der Waals surface area contributed by atoms with E-state index in [9.17, 15) is 14.4 Å². The summed E-state index contributed by atoms with van der Waals surface area (Å²) in [5.74, 6) is -1.47. The molecule has 0 saturated carbocycles. The second-order valence-corrected chi connectivity index (χ2v) is 8.96. The molecule has 180 valence electrons. The van der Waals surface area contributed by atoms with E-state index >= 15 is 0 Å². The van der Waals surface area contributed by atoms with Crippen LogP contribution >= 0.6 is 0 Å². The Bertz CT molecular complexity index is 1210.